The molecule has 30 heavy (non-hydrogen) atoms. The molecule has 8 heteroatoms. The average molecular weight is 409 g/mol. The van der Waals surface area contributed by atoms with Gasteiger partial charge in [0.05, 0.1) is 19.1 Å². The second kappa shape index (κ2) is 7.85. The first kappa shape index (κ1) is 19.3. The Kier molecular flexibility index (Phi) is 5.04. The van der Waals surface area contributed by atoms with Crippen LogP contribution in [0.5, 0.6) is 0 Å². The van der Waals surface area contributed by atoms with Crippen LogP contribution in [-0.4, -0.2) is 44.6 Å². The highest BCUT2D eigenvalue weighted by molar-refractivity contribution is 5.22. The van der Waals surface area contributed by atoms with Gasteiger partial charge in [-0.3, -0.25) is 14.6 Å². The molecule has 5 rings (SSSR count). The van der Waals surface area contributed by atoms with Crippen LogP contribution in [0.1, 0.15) is 40.9 Å². The molecule has 2 atom stereocenters. The van der Waals surface area contributed by atoms with Gasteiger partial charge in [0.15, 0.2) is 5.82 Å². The Hall–Kier alpha value is -2.71. The Labute approximate surface area is 175 Å². The zero-order valence-electron chi connectivity index (χ0n) is 17.5. The molecule has 3 aromatic rings. The number of aromatic nitrogens is 3. The van der Waals surface area contributed by atoms with E-state index in [0.29, 0.717) is 36.6 Å². The number of piperidine rings is 1. The number of hydrogen-bond donors (Lipinski definition) is 0. The third-order valence-electron chi connectivity index (χ3n) is 6.16. The first-order valence-corrected chi connectivity index (χ1v) is 10.5. The third-order valence-corrected chi connectivity index (χ3v) is 6.16. The van der Waals surface area contributed by atoms with E-state index < -0.39 is 0 Å². The van der Waals surface area contributed by atoms with Crippen LogP contribution in [0.25, 0.3) is 0 Å². The molecule has 0 N–H and O–H groups in total. The van der Waals surface area contributed by atoms with Crippen molar-refractivity contribution in [3.8, 4) is 0 Å². The van der Waals surface area contributed by atoms with E-state index in [1.807, 2.05) is 34.9 Å². The zero-order valence-corrected chi connectivity index (χ0v) is 17.5. The van der Waals surface area contributed by atoms with Gasteiger partial charge in [0, 0.05) is 55.5 Å². The minimum absolute atomic E-state index is 0.138. The average Bonchev–Trinajstić information content (AvgIpc) is 3.36. The number of nitrogens with zero attached hydrogens (tertiary/aromatic N) is 5. The summed E-state index contributed by atoms with van der Waals surface area (Å²) in [4.78, 5) is 22.0. The maximum Gasteiger partial charge on any atom is 0.255 e. The van der Waals surface area contributed by atoms with Gasteiger partial charge in [0.2, 0.25) is 5.89 Å². The van der Waals surface area contributed by atoms with Gasteiger partial charge in [-0.25, -0.2) is 0 Å². The van der Waals surface area contributed by atoms with E-state index in [2.05, 4.69) is 21.1 Å². The third kappa shape index (κ3) is 3.85. The van der Waals surface area contributed by atoms with E-state index >= 15 is 0 Å². The highest BCUT2D eigenvalue weighted by atomic mass is 16.5. The standard InChI is InChI=1S/C22H27N5O3/c1-15-23-21(30-24-15)13-25(2)11-18-3-4-20-19-7-17(10-27(20)22(18)28)9-26(12-19)8-16-5-6-29-14-16/h3-6,14,17,19H,7-13H2,1-2H3/t17-,19+/m0/s1. The first-order chi connectivity index (χ1) is 14.5. The summed E-state index contributed by atoms with van der Waals surface area (Å²) in [6.45, 7) is 6.60. The zero-order chi connectivity index (χ0) is 20.7. The van der Waals surface area contributed by atoms with Gasteiger partial charge in [0.1, 0.15) is 0 Å². The van der Waals surface area contributed by atoms with E-state index in [9.17, 15) is 4.79 Å². The first-order valence-electron chi connectivity index (χ1n) is 10.5. The van der Waals surface area contributed by atoms with Crippen LogP contribution >= 0.6 is 0 Å². The highest BCUT2D eigenvalue weighted by Gasteiger charge is 2.35. The van der Waals surface area contributed by atoms with Crippen molar-refractivity contribution in [3.63, 3.8) is 0 Å². The van der Waals surface area contributed by atoms with Crippen molar-refractivity contribution >= 4 is 0 Å². The van der Waals surface area contributed by atoms with Gasteiger partial charge in [-0.2, -0.15) is 4.98 Å². The van der Waals surface area contributed by atoms with Crippen molar-refractivity contribution in [2.45, 2.75) is 45.4 Å². The Bertz CT molecular complexity index is 1070. The summed E-state index contributed by atoms with van der Waals surface area (Å²) in [7, 11) is 1.96. The summed E-state index contributed by atoms with van der Waals surface area (Å²) >= 11 is 0. The van der Waals surface area contributed by atoms with Crippen molar-refractivity contribution in [2.75, 3.05) is 20.1 Å². The molecule has 0 unspecified atom stereocenters. The molecule has 1 fully saturated rings. The largest absolute Gasteiger partial charge is 0.472 e. The smallest absolute Gasteiger partial charge is 0.255 e. The van der Waals surface area contributed by atoms with Gasteiger partial charge < -0.3 is 13.5 Å². The van der Waals surface area contributed by atoms with Crippen LogP contribution in [0, 0.1) is 12.8 Å². The lowest BCUT2D eigenvalue weighted by Crippen LogP contribution is -2.47. The van der Waals surface area contributed by atoms with Gasteiger partial charge in [0.25, 0.3) is 5.56 Å². The Morgan fingerprint density at radius 2 is 2.10 bits per heavy atom. The topological polar surface area (TPSA) is 80.5 Å². The number of pyridine rings is 1. The van der Waals surface area contributed by atoms with Crippen molar-refractivity contribution in [3.05, 3.63) is 69.6 Å². The Morgan fingerprint density at radius 3 is 2.87 bits per heavy atom. The van der Waals surface area contributed by atoms with Crippen LogP contribution in [0.15, 0.2) is 44.5 Å². The molecule has 1 saturated heterocycles. The lowest BCUT2D eigenvalue weighted by molar-refractivity contribution is 0.114. The molecule has 158 valence electrons. The monoisotopic (exact) mass is 409 g/mol. The summed E-state index contributed by atoms with van der Waals surface area (Å²) < 4.78 is 12.4. The number of fused-ring (bicyclic) bond motifs is 4. The maximum atomic E-state index is 13.2. The van der Waals surface area contributed by atoms with Crippen molar-refractivity contribution in [2.24, 2.45) is 5.92 Å². The fourth-order valence-electron chi connectivity index (χ4n) is 4.96. The molecule has 2 aliphatic rings. The van der Waals surface area contributed by atoms with Crippen molar-refractivity contribution in [1.82, 2.24) is 24.5 Å². The molecule has 0 aromatic carbocycles. The van der Waals surface area contributed by atoms with Crippen molar-refractivity contribution < 1.29 is 8.94 Å². The van der Waals surface area contributed by atoms with E-state index in [4.69, 9.17) is 8.94 Å². The summed E-state index contributed by atoms with van der Waals surface area (Å²) in [6.07, 6.45) is 4.71. The lowest BCUT2D eigenvalue weighted by atomic mass is 9.83. The molecule has 5 heterocycles. The van der Waals surface area contributed by atoms with Crippen LogP contribution in [0.3, 0.4) is 0 Å². The summed E-state index contributed by atoms with van der Waals surface area (Å²) in [6, 6.07) is 6.18. The normalized spacial score (nSPS) is 21.2. The number of likely N-dealkylation sites (tertiary alicyclic amines) is 1. The molecule has 0 aliphatic carbocycles. The Morgan fingerprint density at radius 1 is 1.20 bits per heavy atom. The fourth-order valence-corrected chi connectivity index (χ4v) is 4.96. The SMILES string of the molecule is Cc1noc(CN(C)Cc2ccc3n(c2=O)C[C@H]2C[C@@H]3CN(Cc3ccoc3)C2)n1. The minimum Gasteiger partial charge on any atom is -0.472 e. The number of hydrogen-bond acceptors (Lipinski definition) is 7. The molecule has 0 spiro atoms. The molecule has 0 amide bonds. The Balaban J connectivity index is 1.31. The highest BCUT2D eigenvalue weighted by Crippen LogP contribution is 2.35. The molecule has 0 radical (unpaired) electrons. The van der Waals surface area contributed by atoms with Gasteiger partial charge in [-0.05, 0) is 38.4 Å². The lowest BCUT2D eigenvalue weighted by Gasteiger charge is -2.43. The summed E-state index contributed by atoms with van der Waals surface area (Å²) in [5, 5.41) is 3.83. The molecule has 0 saturated carbocycles. The summed E-state index contributed by atoms with van der Waals surface area (Å²) in [5.41, 5.74) is 3.33. The van der Waals surface area contributed by atoms with Gasteiger partial charge in [-0.15, -0.1) is 0 Å². The van der Waals surface area contributed by atoms with E-state index in [-0.39, 0.29) is 5.56 Å². The molecule has 3 aromatic heterocycles. The summed E-state index contributed by atoms with van der Waals surface area (Å²) in [5.74, 6) is 2.11. The van der Waals surface area contributed by atoms with Crippen LogP contribution < -0.4 is 5.56 Å². The van der Waals surface area contributed by atoms with E-state index in [1.54, 1.807) is 13.2 Å². The minimum atomic E-state index is 0.138. The van der Waals surface area contributed by atoms with E-state index in [0.717, 1.165) is 38.2 Å². The van der Waals surface area contributed by atoms with E-state index in [1.165, 1.54) is 11.3 Å². The molecule has 2 bridgehead atoms. The quantitative estimate of drug-likeness (QED) is 0.618. The van der Waals surface area contributed by atoms with Gasteiger partial charge >= 0.3 is 0 Å². The number of aryl methyl sites for hydroxylation is 1. The van der Waals surface area contributed by atoms with Crippen LogP contribution in [0.4, 0.5) is 0 Å². The second-order valence-electron chi connectivity index (χ2n) is 8.73. The second-order valence-corrected chi connectivity index (χ2v) is 8.73. The number of rotatable bonds is 6. The van der Waals surface area contributed by atoms with Crippen LogP contribution in [0.2, 0.25) is 0 Å². The predicted octanol–water partition coefficient (Wildman–Crippen LogP) is 2.38. The molecule has 2 aliphatic heterocycles. The van der Waals surface area contributed by atoms with Crippen LogP contribution in [-0.2, 0) is 26.2 Å². The fraction of sp³-hybridized carbons (Fsp3) is 0.500. The van der Waals surface area contributed by atoms with Gasteiger partial charge in [-0.1, -0.05) is 11.2 Å². The van der Waals surface area contributed by atoms with Crippen molar-refractivity contribution in [1.29, 1.82) is 0 Å². The molecule has 8 nitrogen and oxygen atoms in total. The molecular weight excluding hydrogens is 382 g/mol. The predicted molar refractivity (Wildman–Crippen MR) is 110 cm³/mol. The molecular formula is C22H27N5O3. The number of furan rings is 1. The maximum absolute atomic E-state index is 13.2.